The van der Waals surface area contributed by atoms with Gasteiger partial charge in [0, 0.05) is 12.4 Å². The molecule has 0 aliphatic rings. The van der Waals surface area contributed by atoms with Crippen LogP contribution in [-0.2, 0) is 14.8 Å². The van der Waals surface area contributed by atoms with Gasteiger partial charge in [0.25, 0.3) is 5.91 Å². The van der Waals surface area contributed by atoms with Crippen molar-refractivity contribution in [3.05, 3.63) is 58.3 Å². The first-order valence-electron chi connectivity index (χ1n) is 6.92. The maximum absolute atomic E-state index is 12.0. The fraction of sp³-hybridized carbons (Fsp3) is 0.133. The molecule has 1 aromatic carbocycles. The van der Waals surface area contributed by atoms with E-state index in [1.165, 1.54) is 24.4 Å². The molecule has 1 aromatic heterocycles. The summed E-state index contributed by atoms with van der Waals surface area (Å²) in [4.78, 5) is 15.9. The van der Waals surface area contributed by atoms with Gasteiger partial charge in [-0.2, -0.15) is 5.10 Å². The van der Waals surface area contributed by atoms with Gasteiger partial charge in [0.15, 0.2) is 0 Å². The average molecular weight is 401 g/mol. The van der Waals surface area contributed by atoms with E-state index in [4.69, 9.17) is 23.2 Å². The summed E-state index contributed by atoms with van der Waals surface area (Å²) in [5, 5.41) is 4.25. The second-order valence-electron chi connectivity index (χ2n) is 4.94. The number of nitrogens with one attached hydrogen (secondary N) is 1. The van der Waals surface area contributed by atoms with Crippen LogP contribution in [0.25, 0.3) is 0 Å². The number of hydrogen-bond acceptors (Lipinski definition) is 5. The van der Waals surface area contributed by atoms with Crippen molar-refractivity contribution in [1.82, 2.24) is 10.4 Å². The van der Waals surface area contributed by atoms with Crippen LogP contribution in [0.2, 0.25) is 10.0 Å². The van der Waals surface area contributed by atoms with Crippen molar-refractivity contribution >= 4 is 51.0 Å². The molecule has 10 heteroatoms. The molecule has 1 heterocycles. The highest BCUT2D eigenvalue weighted by molar-refractivity contribution is 7.92. The van der Waals surface area contributed by atoms with Crippen LogP contribution in [0.1, 0.15) is 5.56 Å². The van der Waals surface area contributed by atoms with Gasteiger partial charge >= 0.3 is 0 Å². The number of carbonyl (C=O) groups excluding carboxylic acids is 1. The molecule has 0 aliphatic heterocycles. The molecule has 2 rings (SSSR count). The maximum Gasteiger partial charge on any atom is 0.260 e. The molecule has 2 aromatic rings. The number of halogens is 2. The summed E-state index contributed by atoms with van der Waals surface area (Å²) in [6, 6.07) is 7.69. The van der Waals surface area contributed by atoms with Crippen molar-refractivity contribution in [2.24, 2.45) is 5.10 Å². The van der Waals surface area contributed by atoms with E-state index >= 15 is 0 Å². The SMILES string of the molecule is CS(=O)(=O)N(CC(=O)N/N=C/c1ccncc1)c1ccc(Cl)c(Cl)c1. The lowest BCUT2D eigenvalue weighted by atomic mass is 10.3. The van der Waals surface area contributed by atoms with Crippen molar-refractivity contribution in [3.63, 3.8) is 0 Å². The second-order valence-corrected chi connectivity index (χ2v) is 7.66. The van der Waals surface area contributed by atoms with E-state index in [-0.39, 0.29) is 15.7 Å². The zero-order chi connectivity index (χ0) is 18.4. The van der Waals surface area contributed by atoms with Crippen LogP contribution in [0.15, 0.2) is 47.8 Å². The number of aromatic nitrogens is 1. The van der Waals surface area contributed by atoms with Crippen molar-refractivity contribution in [2.75, 3.05) is 17.1 Å². The number of nitrogens with zero attached hydrogens (tertiary/aromatic N) is 3. The smallest absolute Gasteiger partial charge is 0.260 e. The van der Waals surface area contributed by atoms with E-state index in [1.807, 2.05) is 0 Å². The molecule has 25 heavy (non-hydrogen) atoms. The number of hydrogen-bond donors (Lipinski definition) is 1. The zero-order valence-corrected chi connectivity index (χ0v) is 15.4. The average Bonchev–Trinajstić information content (AvgIpc) is 2.55. The summed E-state index contributed by atoms with van der Waals surface area (Å²) in [5.41, 5.74) is 3.24. The third kappa shape index (κ3) is 5.70. The molecule has 0 unspecified atom stereocenters. The Balaban J connectivity index is 2.10. The standard InChI is InChI=1S/C15H14Cl2N4O3S/c1-25(23,24)21(12-2-3-13(16)14(17)8-12)10-15(22)20-19-9-11-4-6-18-7-5-11/h2-9H,10H2,1H3,(H,20,22)/b19-9+. The van der Waals surface area contributed by atoms with Gasteiger partial charge in [-0.05, 0) is 35.9 Å². The Morgan fingerprint density at radius 1 is 1.24 bits per heavy atom. The fourth-order valence-electron chi connectivity index (χ4n) is 1.83. The molecular formula is C15H14Cl2N4O3S. The van der Waals surface area contributed by atoms with Crippen LogP contribution in [0.3, 0.4) is 0 Å². The second kappa shape index (κ2) is 8.28. The lowest BCUT2D eigenvalue weighted by molar-refractivity contribution is -0.119. The fourth-order valence-corrected chi connectivity index (χ4v) is 2.97. The molecule has 0 saturated heterocycles. The molecule has 0 spiro atoms. The van der Waals surface area contributed by atoms with Crippen LogP contribution in [0, 0.1) is 0 Å². The van der Waals surface area contributed by atoms with Gasteiger partial charge in [-0.1, -0.05) is 23.2 Å². The lowest BCUT2D eigenvalue weighted by Crippen LogP contribution is -2.39. The van der Waals surface area contributed by atoms with E-state index in [2.05, 4.69) is 15.5 Å². The minimum Gasteiger partial charge on any atom is -0.271 e. The number of rotatable bonds is 6. The van der Waals surface area contributed by atoms with E-state index < -0.39 is 22.5 Å². The van der Waals surface area contributed by atoms with Crippen LogP contribution in [0.4, 0.5) is 5.69 Å². The number of amides is 1. The number of carbonyl (C=O) groups is 1. The molecule has 1 N–H and O–H groups in total. The number of pyridine rings is 1. The molecule has 0 bridgehead atoms. The van der Waals surface area contributed by atoms with Crippen molar-refractivity contribution in [2.45, 2.75) is 0 Å². The number of benzene rings is 1. The van der Waals surface area contributed by atoms with Gasteiger partial charge in [-0.15, -0.1) is 0 Å². The first-order valence-corrected chi connectivity index (χ1v) is 9.52. The largest absolute Gasteiger partial charge is 0.271 e. The summed E-state index contributed by atoms with van der Waals surface area (Å²) >= 11 is 11.7. The topological polar surface area (TPSA) is 91.7 Å². The van der Waals surface area contributed by atoms with Crippen molar-refractivity contribution in [3.8, 4) is 0 Å². The monoisotopic (exact) mass is 400 g/mol. The Hall–Kier alpha value is -2.16. The van der Waals surface area contributed by atoms with Crippen LogP contribution in [0.5, 0.6) is 0 Å². The molecule has 0 aliphatic carbocycles. The molecule has 0 atom stereocenters. The number of sulfonamides is 1. The first-order chi connectivity index (χ1) is 11.8. The zero-order valence-electron chi connectivity index (χ0n) is 13.1. The van der Waals surface area contributed by atoms with Crippen LogP contribution >= 0.6 is 23.2 Å². The quantitative estimate of drug-likeness (QED) is 0.594. The van der Waals surface area contributed by atoms with E-state index in [0.717, 1.165) is 16.1 Å². The summed E-state index contributed by atoms with van der Waals surface area (Å²) in [7, 11) is -3.71. The van der Waals surface area contributed by atoms with Crippen LogP contribution < -0.4 is 9.73 Å². The summed E-state index contributed by atoms with van der Waals surface area (Å²) in [6.07, 6.45) is 5.57. The van der Waals surface area contributed by atoms with Gasteiger partial charge in [0.2, 0.25) is 10.0 Å². The minimum absolute atomic E-state index is 0.184. The highest BCUT2D eigenvalue weighted by Crippen LogP contribution is 2.28. The molecular weight excluding hydrogens is 387 g/mol. The van der Waals surface area contributed by atoms with Gasteiger partial charge in [0.1, 0.15) is 6.54 Å². The van der Waals surface area contributed by atoms with Gasteiger partial charge in [-0.3, -0.25) is 14.1 Å². The van der Waals surface area contributed by atoms with Crippen molar-refractivity contribution < 1.29 is 13.2 Å². The summed E-state index contributed by atoms with van der Waals surface area (Å²) in [6.45, 7) is -0.454. The van der Waals surface area contributed by atoms with E-state index in [0.29, 0.717) is 0 Å². The Labute approximate surface area is 155 Å². The predicted octanol–water partition coefficient (Wildman–Crippen LogP) is 2.30. The lowest BCUT2D eigenvalue weighted by Gasteiger charge is -2.21. The third-order valence-electron chi connectivity index (χ3n) is 2.99. The highest BCUT2D eigenvalue weighted by Gasteiger charge is 2.21. The highest BCUT2D eigenvalue weighted by atomic mass is 35.5. The normalized spacial score (nSPS) is 11.5. The molecule has 1 amide bonds. The molecule has 0 radical (unpaired) electrons. The van der Waals surface area contributed by atoms with E-state index in [1.54, 1.807) is 24.5 Å². The van der Waals surface area contributed by atoms with Gasteiger partial charge in [-0.25, -0.2) is 13.8 Å². The molecule has 132 valence electrons. The Morgan fingerprint density at radius 2 is 1.92 bits per heavy atom. The maximum atomic E-state index is 12.0. The Morgan fingerprint density at radius 3 is 2.52 bits per heavy atom. The molecule has 0 saturated carbocycles. The molecule has 7 nitrogen and oxygen atoms in total. The summed E-state index contributed by atoms with van der Waals surface area (Å²) < 4.78 is 24.9. The third-order valence-corrected chi connectivity index (χ3v) is 4.87. The van der Waals surface area contributed by atoms with Gasteiger partial charge in [0.05, 0.1) is 28.2 Å². The van der Waals surface area contributed by atoms with Gasteiger partial charge < -0.3 is 0 Å². The minimum atomic E-state index is -3.71. The predicted molar refractivity (Wildman–Crippen MR) is 98.6 cm³/mol. The first kappa shape index (κ1) is 19.2. The number of anilines is 1. The number of hydrazone groups is 1. The van der Waals surface area contributed by atoms with Crippen molar-refractivity contribution in [1.29, 1.82) is 0 Å². The molecule has 0 fully saturated rings. The Bertz CT molecular complexity index is 889. The van der Waals surface area contributed by atoms with Crippen LogP contribution in [-0.4, -0.2) is 38.3 Å². The van der Waals surface area contributed by atoms with E-state index in [9.17, 15) is 13.2 Å². The Kier molecular flexibility index (Phi) is 6.35. The summed E-state index contributed by atoms with van der Waals surface area (Å²) in [5.74, 6) is -0.609.